The molecule has 1 aromatic heterocycles. The summed E-state index contributed by atoms with van der Waals surface area (Å²) in [5, 5.41) is 5.31. The van der Waals surface area contributed by atoms with E-state index in [1.165, 1.54) is 6.07 Å². The Balaban J connectivity index is 1.78. The molecule has 144 valence electrons. The van der Waals surface area contributed by atoms with E-state index in [2.05, 4.69) is 20.6 Å². The van der Waals surface area contributed by atoms with Gasteiger partial charge in [-0.3, -0.25) is 4.79 Å². The average molecular weight is 386 g/mol. The van der Waals surface area contributed by atoms with E-state index in [9.17, 15) is 18.0 Å². The molecule has 0 bridgehead atoms. The molecule has 2 N–H and O–H groups in total. The molecule has 1 amide bonds. The van der Waals surface area contributed by atoms with Crippen LogP contribution >= 0.6 is 0 Å². The highest BCUT2D eigenvalue weighted by atomic mass is 19.2. The van der Waals surface area contributed by atoms with Crippen LogP contribution in [0.5, 0.6) is 0 Å². The van der Waals surface area contributed by atoms with Gasteiger partial charge >= 0.3 is 0 Å². The number of hydrogen-bond donors (Lipinski definition) is 2. The molecule has 0 fully saturated rings. The van der Waals surface area contributed by atoms with Crippen LogP contribution in [0.25, 0.3) is 0 Å². The second-order valence-electron chi connectivity index (χ2n) is 6.14. The molecule has 0 aliphatic carbocycles. The minimum absolute atomic E-state index is 0.0616. The average Bonchev–Trinajstić information content (AvgIpc) is 2.67. The Morgan fingerprint density at radius 1 is 1.00 bits per heavy atom. The third kappa shape index (κ3) is 4.28. The van der Waals surface area contributed by atoms with Crippen molar-refractivity contribution in [2.24, 2.45) is 0 Å². The Morgan fingerprint density at radius 2 is 1.75 bits per heavy atom. The number of aryl methyl sites for hydroxylation is 2. The Kier molecular flexibility index (Phi) is 5.58. The SMILES string of the molecule is Cc1nc(Nc2ccc(F)c(F)c2F)cc(C(=O)NCc2ccccc2C)n1. The summed E-state index contributed by atoms with van der Waals surface area (Å²) in [6.07, 6.45) is 0. The van der Waals surface area contributed by atoms with Crippen molar-refractivity contribution in [3.8, 4) is 0 Å². The van der Waals surface area contributed by atoms with E-state index in [0.717, 1.165) is 23.3 Å². The molecule has 0 saturated carbocycles. The van der Waals surface area contributed by atoms with Gasteiger partial charge in [0.25, 0.3) is 5.91 Å². The Labute approximate surface area is 159 Å². The van der Waals surface area contributed by atoms with E-state index in [1.807, 2.05) is 31.2 Å². The number of rotatable bonds is 5. The fourth-order valence-corrected chi connectivity index (χ4v) is 2.58. The van der Waals surface area contributed by atoms with Gasteiger partial charge in [-0.2, -0.15) is 0 Å². The molecule has 0 aliphatic rings. The van der Waals surface area contributed by atoms with Gasteiger partial charge in [0, 0.05) is 12.6 Å². The third-order valence-electron chi connectivity index (χ3n) is 4.07. The van der Waals surface area contributed by atoms with Crippen molar-refractivity contribution >= 4 is 17.4 Å². The number of carbonyl (C=O) groups excluding carboxylic acids is 1. The minimum atomic E-state index is -1.59. The first-order chi connectivity index (χ1) is 13.3. The van der Waals surface area contributed by atoms with Crippen LogP contribution in [0.2, 0.25) is 0 Å². The van der Waals surface area contributed by atoms with Crippen LogP contribution in [-0.4, -0.2) is 15.9 Å². The van der Waals surface area contributed by atoms with Crippen molar-refractivity contribution < 1.29 is 18.0 Å². The second kappa shape index (κ2) is 8.08. The van der Waals surface area contributed by atoms with Gasteiger partial charge in [-0.25, -0.2) is 23.1 Å². The van der Waals surface area contributed by atoms with E-state index < -0.39 is 23.4 Å². The first-order valence-electron chi connectivity index (χ1n) is 8.44. The van der Waals surface area contributed by atoms with E-state index in [-0.39, 0.29) is 23.0 Å². The summed E-state index contributed by atoms with van der Waals surface area (Å²) in [6.45, 7) is 3.81. The Hall–Kier alpha value is -3.42. The molecule has 3 rings (SSSR count). The normalized spacial score (nSPS) is 10.6. The number of aromatic nitrogens is 2. The molecule has 5 nitrogen and oxygen atoms in total. The van der Waals surface area contributed by atoms with Gasteiger partial charge in [-0.1, -0.05) is 24.3 Å². The van der Waals surface area contributed by atoms with Crippen LogP contribution in [0.15, 0.2) is 42.5 Å². The fourth-order valence-electron chi connectivity index (χ4n) is 2.58. The number of halogens is 3. The summed E-state index contributed by atoms with van der Waals surface area (Å²) in [5.74, 6) is -4.36. The quantitative estimate of drug-likeness (QED) is 0.646. The van der Waals surface area contributed by atoms with Crippen molar-refractivity contribution in [2.75, 3.05) is 5.32 Å². The van der Waals surface area contributed by atoms with Crippen molar-refractivity contribution in [3.05, 3.63) is 82.6 Å². The van der Waals surface area contributed by atoms with E-state index >= 15 is 0 Å². The Bertz CT molecular complexity index is 1040. The summed E-state index contributed by atoms with van der Waals surface area (Å²) in [5.41, 5.74) is 1.76. The highest BCUT2D eigenvalue weighted by Gasteiger charge is 2.16. The van der Waals surface area contributed by atoms with Crippen LogP contribution in [-0.2, 0) is 6.54 Å². The number of nitrogens with one attached hydrogen (secondary N) is 2. The van der Waals surface area contributed by atoms with Crippen molar-refractivity contribution in [1.29, 1.82) is 0 Å². The van der Waals surface area contributed by atoms with Gasteiger partial charge in [-0.05, 0) is 37.1 Å². The summed E-state index contributed by atoms with van der Waals surface area (Å²) in [4.78, 5) is 20.6. The molecule has 0 radical (unpaired) electrons. The molecular weight excluding hydrogens is 369 g/mol. The summed E-state index contributed by atoms with van der Waals surface area (Å²) >= 11 is 0. The zero-order valence-electron chi connectivity index (χ0n) is 15.2. The van der Waals surface area contributed by atoms with Crippen molar-refractivity contribution in [3.63, 3.8) is 0 Å². The smallest absolute Gasteiger partial charge is 0.270 e. The zero-order chi connectivity index (χ0) is 20.3. The zero-order valence-corrected chi connectivity index (χ0v) is 15.2. The van der Waals surface area contributed by atoms with Crippen molar-refractivity contribution in [1.82, 2.24) is 15.3 Å². The van der Waals surface area contributed by atoms with Gasteiger partial charge in [0.15, 0.2) is 17.5 Å². The molecule has 8 heteroatoms. The van der Waals surface area contributed by atoms with E-state index in [1.54, 1.807) is 6.92 Å². The first-order valence-corrected chi connectivity index (χ1v) is 8.44. The van der Waals surface area contributed by atoms with E-state index in [4.69, 9.17) is 0 Å². The number of carbonyl (C=O) groups is 1. The molecular formula is C20H17F3N4O. The minimum Gasteiger partial charge on any atom is -0.347 e. The second-order valence-corrected chi connectivity index (χ2v) is 6.14. The molecule has 0 spiro atoms. The van der Waals surface area contributed by atoms with Crippen LogP contribution in [0.4, 0.5) is 24.7 Å². The van der Waals surface area contributed by atoms with Crippen molar-refractivity contribution in [2.45, 2.75) is 20.4 Å². The number of amides is 1. The fraction of sp³-hybridized carbons (Fsp3) is 0.150. The molecule has 0 unspecified atom stereocenters. The molecule has 1 heterocycles. The maximum Gasteiger partial charge on any atom is 0.270 e. The van der Waals surface area contributed by atoms with Gasteiger partial charge in [-0.15, -0.1) is 0 Å². The first kappa shape index (κ1) is 19.3. The van der Waals surface area contributed by atoms with Crippen LogP contribution in [0.3, 0.4) is 0 Å². The molecule has 3 aromatic rings. The topological polar surface area (TPSA) is 66.9 Å². The van der Waals surface area contributed by atoms with Gasteiger partial charge in [0.2, 0.25) is 0 Å². The standard InChI is InChI=1S/C20H17F3N4O/c1-11-5-3-4-6-13(11)10-24-20(28)16-9-17(26-12(2)25-16)27-15-8-7-14(21)18(22)19(15)23/h3-9H,10H2,1-2H3,(H,24,28)(H,25,26,27). The van der Waals surface area contributed by atoms with Gasteiger partial charge < -0.3 is 10.6 Å². The number of nitrogens with zero attached hydrogens (tertiary/aromatic N) is 2. The highest BCUT2D eigenvalue weighted by molar-refractivity contribution is 5.93. The lowest BCUT2D eigenvalue weighted by molar-refractivity contribution is 0.0945. The van der Waals surface area contributed by atoms with E-state index in [0.29, 0.717) is 6.54 Å². The predicted molar refractivity (Wildman–Crippen MR) is 98.7 cm³/mol. The lowest BCUT2D eigenvalue weighted by Gasteiger charge is -2.11. The van der Waals surface area contributed by atoms with Gasteiger partial charge in [0.05, 0.1) is 5.69 Å². The maximum atomic E-state index is 13.9. The molecule has 0 atom stereocenters. The highest BCUT2D eigenvalue weighted by Crippen LogP contribution is 2.23. The lowest BCUT2D eigenvalue weighted by atomic mass is 10.1. The monoisotopic (exact) mass is 386 g/mol. The van der Waals surface area contributed by atoms with Crippen LogP contribution in [0, 0.1) is 31.3 Å². The largest absolute Gasteiger partial charge is 0.347 e. The molecule has 2 aromatic carbocycles. The number of anilines is 2. The lowest BCUT2D eigenvalue weighted by Crippen LogP contribution is -2.24. The molecule has 0 aliphatic heterocycles. The van der Waals surface area contributed by atoms with Gasteiger partial charge in [0.1, 0.15) is 17.3 Å². The van der Waals surface area contributed by atoms with Crippen LogP contribution < -0.4 is 10.6 Å². The van der Waals surface area contributed by atoms with Crippen LogP contribution in [0.1, 0.15) is 27.4 Å². The Morgan fingerprint density at radius 3 is 2.50 bits per heavy atom. The third-order valence-corrected chi connectivity index (χ3v) is 4.07. The number of hydrogen-bond acceptors (Lipinski definition) is 4. The maximum absolute atomic E-state index is 13.9. The summed E-state index contributed by atoms with van der Waals surface area (Å²) in [7, 11) is 0. The number of benzene rings is 2. The summed E-state index contributed by atoms with van der Waals surface area (Å²) < 4.78 is 40.3. The molecule has 0 saturated heterocycles. The molecule has 28 heavy (non-hydrogen) atoms. The summed E-state index contributed by atoms with van der Waals surface area (Å²) in [6, 6.07) is 10.8. The predicted octanol–water partition coefficient (Wildman–Crippen LogP) is 4.18.